The molecule has 2 fully saturated rings. The highest BCUT2D eigenvalue weighted by atomic mass is 35.5. The fourth-order valence-electron chi connectivity index (χ4n) is 5.16. The average Bonchev–Trinajstić information content (AvgIpc) is 2.89. The fraction of sp³-hybridized carbons (Fsp3) is 0.462. The zero-order chi connectivity index (χ0) is 26.4. The maximum atomic E-state index is 13.3. The summed E-state index contributed by atoms with van der Waals surface area (Å²) in [5.74, 6) is 0.714. The van der Waals surface area contributed by atoms with Gasteiger partial charge in [-0.05, 0) is 67.3 Å². The predicted octanol–water partition coefficient (Wildman–Crippen LogP) is 3.62. The van der Waals surface area contributed by atoms with E-state index in [-0.39, 0.29) is 5.91 Å². The van der Waals surface area contributed by atoms with Crippen LogP contribution in [0.1, 0.15) is 37.3 Å². The zero-order valence-corrected chi connectivity index (χ0v) is 22.5. The third-order valence-electron chi connectivity index (χ3n) is 7.21. The molecule has 4 rings (SSSR count). The molecule has 3 N–H and O–H groups in total. The van der Waals surface area contributed by atoms with Crippen LogP contribution in [-0.2, 0) is 14.8 Å². The zero-order valence-electron chi connectivity index (χ0n) is 20.9. The van der Waals surface area contributed by atoms with Crippen molar-refractivity contribution in [2.75, 3.05) is 37.8 Å². The molecule has 11 heteroatoms. The lowest BCUT2D eigenvalue weighted by molar-refractivity contribution is -0.128. The first kappa shape index (κ1) is 27.4. The van der Waals surface area contributed by atoms with Crippen LogP contribution < -0.4 is 16.1 Å². The third kappa shape index (κ3) is 7.67. The van der Waals surface area contributed by atoms with Crippen molar-refractivity contribution >= 4 is 39.2 Å². The maximum Gasteiger partial charge on any atom is 0.320 e. The van der Waals surface area contributed by atoms with E-state index in [1.54, 1.807) is 28.6 Å². The molecule has 2 aliphatic rings. The quantitative estimate of drug-likeness (QED) is 0.490. The second-order valence-corrected chi connectivity index (χ2v) is 12.2. The Morgan fingerprint density at radius 2 is 1.46 bits per heavy atom. The number of halogens is 1. The van der Waals surface area contributed by atoms with Crippen molar-refractivity contribution in [3.63, 3.8) is 0 Å². The van der Waals surface area contributed by atoms with Crippen molar-refractivity contribution in [1.29, 1.82) is 0 Å². The number of nitrogens with zero attached hydrogens (tertiary/aromatic N) is 2. The molecular weight excluding hydrogens is 514 g/mol. The van der Waals surface area contributed by atoms with Gasteiger partial charge in [0.15, 0.2) is 0 Å². The Kier molecular flexibility index (Phi) is 9.07. The van der Waals surface area contributed by atoms with Gasteiger partial charge in [-0.3, -0.25) is 10.2 Å². The highest BCUT2D eigenvalue weighted by molar-refractivity contribution is 7.88. The van der Waals surface area contributed by atoms with Crippen LogP contribution in [0.5, 0.6) is 0 Å². The summed E-state index contributed by atoms with van der Waals surface area (Å²) >= 11 is 5.91. The van der Waals surface area contributed by atoms with Gasteiger partial charge in [-0.1, -0.05) is 41.9 Å². The minimum atomic E-state index is -3.12. The summed E-state index contributed by atoms with van der Waals surface area (Å²) in [6.45, 7) is 2.59. The van der Waals surface area contributed by atoms with Gasteiger partial charge >= 0.3 is 6.03 Å². The van der Waals surface area contributed by atoms with Crippen LogP contribution in [0.25, 0.3) is 0 Å². The summed E-state index contributed by atoms with van der Waals surface area (Å²) in [6, 6.07) is 14.5. The largest absolute Gasteiger partial charge is 0.322 e. The summed E-state index contributed by atoms with van der Waals surface area (Å²) in [7, 11) is -3.12. The molecule has 2 aromatic carbocycles. The van der Waals surface area contributed by atoms with E-state index in [4.69, 9.17) is 11.6 Å². The van der Waals surface area contributed by atoms with Gasteiger partial charge in [-0.25, -0.2) is 22.5 Å². The number of rotatable bonds is 7. The summed E-state index contributed by atoms with van der Waals surface area (Å²) in [6.07, 6.45) is 4.90. The number of carbonyl (C=O) groups is 2. The Bertz CT molecular complexity index is 1160. The molecule has 1 atom stereocenters. The summed E-state index contributed by atoms with van der Waals surface area (Å²) in [5.41, 5.74) is 4.24. The van der Waals surface area contributed by atoms with Crippen molar-refractivity contribution in [3.8, 4) is 0 Å². The SMILES string of the molecule is CS(=O)(=O)N1CCC(C2CCN(NC(=O)[C@H](NC(=O)Nc3ccc(Cl)cc3)c3ccccc3)CC2)CC1. The molecule has 2 heterocycles. The summed E-state index contributed by atoms with van der Waals surface area (Å²) in [5, 5.41) is 8.01. The predicted molar refractivity (Wildman–Crippen MR) is 144 cm³/mol. The second kappa shape index (κ2) is 12.3. The van der Waals surface area contributed by atoms with Gasteiger partial charge in [0.05, 0.1) is 6.26 Å². The lowest BCUT2D eigenvalue weighted by atomic mass is 9.79. The molecule has 37 heavy (non-hydrogen) atoms. The van der Waals surface area contributed by atoms with Crippen molar-refractivity contribution < 1.29 is 18.0 Å². The van der Waals surface area contributed by atoms with Crippen molar-refractivity contribution in [3.05, 3.63) is 65.2 Å². The fourth-order valence-corrected chi connectivity index (χ4v) is 6.16. The first-order chi connectivity index (χ1) is 17.7. The van der Waals surface area contributed by atoms with E-state index in [1.165, 1.54) is 6.26 Å². The molecule has 2 aliphatic heterocycles. The van der Waals surface area contributed by atoms with Gasteiger partial charge in [-0.2, -0.15) is 0 Å². The van der Waals surface area contributed by atoms with E-state index in [2.05, 4.69) is 16.1 Å². The van der Waals surface area contributed by atoms with Gasteiger partial charge in [0.1, 0.15) is 6.04 Å². The number of sulfonamides is 1. The minimum Gasteiger partial charge on any atom is -0.322 e. The second-order valence-electron chi connectivity index (χ2n) is 9.75. The van der Waals surface area contributed by atoms with Gasteiger partial charge < -0.3 is 10.6 Å². The Balaban J connectivity index is 1.31. The van der Waals surface area contributed by atoms with Crippen LogP contribution in [0, 0.1) is 11.8 Å². The molecule has 2 saturated heterocycles. The van der Waals surface area contributed by atoms with Crippen molar-refractivity contribution in [2.24, 2.45) is 11.8 Å². The number of benzene rings is 2. The molecule has 0 radical (unpaired) electrons. The van der Waals surface area contributed by atoms with E-state index in [0.717, 1.165) is 25.7 Å². The molecule has 200 valence electrons. The highest BCUT2D eigenvalue weighted by Gasteiger charge is 2.33. The van der Waals surface area contributed by atoms with Crippen LogP contribution >= 0.6 is 11.6 Å². The summed E-state index contributed by atoms with van der Waals surface area (Å²) in [4.78, 5) is 26.0. The number of piperidine rings is 2. The van der Waals surface area contributed by atoms with Crippen LogP contribution in [-0.4, -0.2) is 62.1 Å². The summed E-state index contributed by atoms with van der Waals surface area (Å²) < 4.78 is 25.1. The van der Waals surface area contributed by atoms with Crippen LogP contribution in [0.4, 0.5) is 10.5 Å². The van der Waals surface area contributed by atoms with Crippen LogP contribution in [0.2, 0.25) is 5.02 Å². The van der Waals surface area contributed by atoms with Crippen molar-refractivity contribution in [1.82, 2.24) is 20.1 Å². The number of amides is 3. The first-order valence-corrected chi connectivity index (χ1v) is 14.8. The van der Waals surface area contributed by atoms with Gasteiger partial charge in [0.2, 0.25) is 10.0 Å². The molecule has 0 bridgehead atoms. The Morgan fingerprint density at radius 3 is 2.03 bits per heavy atom. The number of hydrogen-bond donors (Lipinski definition) is 3. The molecule has 0 aliphatic carbocycles. The van der Waals surface area contributed by atoms with Crippen molar-refractivity contribution in [2.45, 2.75) is 31.7 Å². The highest BCUT2D eigenvalue weighted by Crippen LogP contribution is 2.32. The normalized spacial score (nSPS) is 19.2. The van der Waals surface area contributed by atoms with E-state index in [0.29, 0.717) is 54.3 Å². The topological polar surface area (TPSA) is 111 Å². The van der Waals surface area contributed by atoms with E-state index in [9.17, 15) is 18.0 Å². The number of anilines is 1. The Morgan fingerprint density at radius 1 is 0.892 bits per heavy atom. The lowest BCUT2D eigenvalue weighted by Gasteiger charge is -2.39. The molecule has 0 saturated carbocycles. The number of urea groups is 1. The number of hydrazine groups is 1. The van der Waals surface area contributed by atoms with E-state index >= 15 is 0 Å². The molecule has 9 nitrogen and oxygen atoms in total. The first-order valence-electron chi connectivity index (χ1n) is 12.6. The third-order valence-corrected chi connectivity index (χ3v) is 8.77. The van der Waals surface area contributed by atoms with Crippen LogP contribution in [0.15, 0.2) is 54.6 Å². The number of hydrogen-bond acceptors (Lipinski definition) is 5. The molecule has 0 aromatic heterocycles. The molecule has 2 aromatic rings. The lowest BCUT2D eigenvalue weighted by Crippen LogP contribution is -2.52. The molecule has 0 unspecified atom stereocenters. The number of carbonyl (C=O) groups excluding carboxylic acids is 2. The maximum absolute atomic E-state index is 13.3. The van der Waals surface area contributed by atoms with E-state index < -0.39 is 22.1 Å². The molecular formula is C26H34ClN5O4S. The average molecular weight is 548 g/mol. The molecule has 0 spiro atoms. The van der Waals surface area contributed by atoms with Gasteiger partial charge in [0.25, 0.3) is 5.91 Å². The van der Waals surface area contributed by atoms with Crippen LogP contribution in [0.3, 0.4) is 0 Å². The standard InChI is InChI=1S/C26H34ClN5O4S/c1-37(35,36)32-17-13-20(14-18-32)19-11-15-31(16-12-19)30-25(33)24(21-5-3-2-4-6-21)29-26(34)28-23-9-7-22(27)8-10-23/h2-10,19-20,24H,11-18H2,1H3,(H,30,33)(H2,28,29,34)/t24-/m1/s1. The smallest absolute Gasteiger partial charge is 0.320 e. The van der Waals surface area contributed by atoms with Gasteiger partial charge in [0, 0.05) is 36.9 Å². The number of nitrogens with one attached hydrogen (secondary N) is 3. The Labute approximate surface area is 223 Å². The Hall–Kier alpha value is -2.66. The minimum absolute atomic E-state index is 0.308. The van der Waals surface area contributed by atoms with Gasteiger partial charge in [-0.15, -0.1) is 0 Å². The monoisotopic (exact) mass is 547 g/mol. The van der Waals surface area contributed by atoms with E-state index in [1.807, 2.05) is 35.3 Å². The molecule has 3 amide bonds.